The first kappa shape index (κ1) is 11.6. The van der Waals surface area contributed by atoms with Crippen LogP contribution in [0.1, 0.15) is 23.1 Å². The third-order valence-electron chi connectivity index (χ3n) is 3.43. The minimum atomic E-state index is 0.251. The van der Waals surface area contributed by atoms with Crippen molar-refractivity contribution in [1.82, 2.24) is 4.90 Å². The van der Waals surface area contributed by atoms with Crippen molar-refractivity contribution < 1.29 is 5.11 Å². The van der Waals surface area contributed by atoms with Gasteiger partial charge < -0.3 is 10.0 Å². The highest BCUT2D eigenvalue weighted by Crippen LogP contribution is 2.22. The second-order valence-corrected chi connectivity index (χ2v) is 4.73. The second kappa shape index (κ2) is 5.46. The Labute approximate surface area is 97.9 Å². The molecule has 88 valence electrons. The van der Waals surface area contributed by atoms with Crippen molar-refractivity contribution in [1.29, 1.82) is 0 Å². The molecular weight excluding hydrogens is 198 g/mol. The summed E-state index contributed by atoms with van der Waals surface area (Å²) in [4.78, 5) is 2.17. The predicted molar refractivity (Wildman–Crippen MR) is 66.8 cm³/mol. The summed E-state index contributed by atoms with van der Waals surface area (Å²) in [5, 5.41) is 8.82. The van der Waals surface area contributed by atoms with Gasteiger partial charge in [-0.3, -0.25) is 0 Å². The number of likely N-dealkylation sites (N-methyl/N-ethyl adjacent to an activating group) is 1. The summed E-state index contributed by atoms with van der Waals surface area (Å²) in [5.74, 6) is 0. The van der Waals surface area contributed by atoms with E-state index in [2.05, 4.69) is 30.1 Å². The van der Waals surface area contributed by atoms with Crippen LogP contribution in [0.4, 0.5) is 0 Å². The van der Waals surface area contributed by atoms with E-state index >= 15 is 0 Å². The van der Waals surface area contributed by atoms with E-state index in [4.69, 9.17) is 5.11 Å². The molecule has 0 aromatic heterocycles. The summed E-state index contributed by atoms with van der Waals surface area (Å²) in [7, 11) is 2.06. The maximum atomic E-state index is 8.82. The smallest absolute Gasteiger partial charge is 0.0558 e. The fourth-order valence-corrected chi connectivity index (χ4v) is 2.38. The summed E-state index contributed by atoms with van der Waals surface area (Å²) in [5.41, 5.74) is 4.54. The van der Waals surface area contributed by atoms with Crippen LogP contribution in [0.5, 0.6) is 0 Å². The Bertz CT molecular complexity index is 349. The molecule has 2 nitrogen and oxygen atoms in total. The maximum absolute atomic E-state index is 8.82. The second-order valence-electron chi connectivity index (χ2n) is 4.73. The van der Waals surface area contributed by atoms with Gasteiger partial charge in [-0.25, -0.2) is 0 Å². The quantitative estimate of drug-likeness (QED) is 0.814. The Kier molecular flexibility index (Phi) is 3.97. The number of rotatable bonds is 5. The highest BCUT2D eigenvalue weighted by atomic mass is 16.3. The molecule has 0 saturated carbocycles. The van der Waals surface area contributed by atoms with Crippen LogP contribution in [-0.4, -0.2) is 36.8 Å². The third kappa shape index (κ3) is 2.83. The van der Waals surface area contributed by atoms with Gasteiger partial charge in [0.05, 0.1) is 6.61 Å². The highest BCUT2D eigenvalue weighted by Gasteiger charge is 2.10. The lowest BCUT2D eigenvalue weighted by molar-refractivity contribution is 0.223. The Balaban J connectivity index is 1.90. The van der Waals surface area contributed by atoms with Crippen molar-refractivity contribution in [2.75, 3.05) is 26.7 Å². The number of hydrogen-bond acceptors (Lipinski definition) is 2. The molecule has 0 unspecified atom stereocenters. The van der Waals surface area contributed by atoms with E-state index in [1.54, 1.807) is 11.1 Å². The molecule has 0 atom stereocenters. The lowest BCUT2D eigenvalue weighted by Crippen LogP contribution is -2.24. The topological polar surface area (TPSA) is 23.5 Å². The van der Waals surface area contributed by atoms with Gasteiger partial charge in [-0.2, -0.15) is 0 Å². The maximum Gasteiger partial charge on any atom is 0.0558 e. The molecule has 2 rings (SSSR count). The van der Waals surface area contributed by atoms with Crippen molar-refractivity contribution >= 4 is 0 Å². The Hall–Kier alpha value is -0.860. The summed E-state index contributed by atoms with van der Waals surface area (Å²) in [6.07, 6.45) is 4.93. The first-order valence-electron chi connectivity index (χ1n) is 6.19. The average molecular weight is 219 g/mol. The molecule has 1 aromatic carbocycles. The number of fused-ring (bicyclic) bond motifs is 1. The molecule has 16 heavy (non-hydrogen) atoms. The summed E-state index contributed by atoms with van der Waals surface area (Å²) in [6.45, 7) is 2.05. The zero-order valence-electron chi connectivity index (χ0n) is 10.1. The molecule has 0 spiro atoms. The molecule has 0 bridgehead atoms. The standard InChI is InChI=1S/C14H21NO/c1-15(9-10-16)8-7-12-5-6-13-3-2-4-14(13)11-12/h5-6,11,16H,2-4,7-10H2,1H3. The minimum absolute atomic E-state index is 0.251. The Morgan fingerprint density at radius 1 is 1.19 bits per heavy atom. The molecule has 0 amide bonds. The number of aryl methyl sites for hydroxylation is 2. The van der Waals surface area contributed by atoms with E-state index in [-0.39, 0.29) is 6.61 Å². The summed E-state index contributed by atoms with van der Waals surface area (Å²) in [6, 6.07) is 6.93. The van der Waals surface area contributed by atoms with Crippen molar-refractivity contribution in [3.8, 4) is 0 Å². The molecule has 2 heteroatoms. The highest BCUT2D eigenvalue weighted by molar-refractivity contribution is 5.35. The third-order valence-corrected chi connectivity index (χ3v) is 3.43. The van der Waals surface area contributed by atoms with Gasteiger partial charge in [-0.1, -0.05) is 18.2 Å². The average Bonchev–Trinajstić information content (AvgIpc) is 2.74. The van der Waals surface area contributed by atoms with Crippen LogP contribution in [0.3, 0.4) is 0 Å². The molecule has 0 saturated heterocycles. The van der Waals surface area contributed by atoms with Gasteiger partial charge >= 0.3 is 0 Å². The molecule has 0 heterocycles. The van der Waals surface area contributed by atoms with E-state index in [1.165, 1.54) is 24.8 Å². The molecule has 0 aliphatic heterocycles. The molecule has 1 aliphatic carbocycles. The van der Waals surface area contributed by atoms with Crippen LogP contribution >= 0.6 is 0 Å². The van der Waals surface area contributed by atoms with Gasteiger partial charge in [0, 0.05) is 13.1 Å². The van der Waals surface area contributed by atoms with Gasteiger partial charge in [0.1, 0.15) is 0 Å². The van der Waals surface area contributed by atoms with Crippen molar-refractivity contribution in [2.24, 2.45) is 0 Å². The van der Waals surface area contributed by atoms with Gasteiger partial charge in [0.25, 0.3) is 0 Å². The fraction of sp³-hybridized carbons (Fsp3) is 0.571. The largest absolute Gasteiger partial charge is 0.395 e. The first-order chi connectivity index (χ1) is 7.79. The lowest BCUT2D eigenvalue weighted by atomic mass is 10.0. The number of aliphatic hydroxyl groups excluding tert-OH is 1. The lowest BCUT2D eigenvalue weighted by Gasteiger charge is -2.15. The summed E-state index contributed by atoms with van der Waals surface area (Å²) >= 11 is 0. The molecular formula is C14H21NO. The normalized spacial score (nSPS) is 14.4. The van der Waals surface area contributed by atoms with Gasteiger partial charge in [-0.05, 0) is 49.4 Å². The van der Waals surface area contributed by atoms with Crippen LogP contribution in [0.25, 0.3) is 0 Å². The van der Waals surface area contributed by atoms with Gasteiger partial charge in [0.2, 0.25) is 0 Å². The number of hydrogen-bond donors (Lipinski definition) is 1. The predicted octanol–water partition coefficient (Wildman–Crippen LogP) is 1.64. The van der Waals surface area contributed by atoms with Gasteiger partial charge in [0.15, 0.2) is 0 Å². The minimum Gasteiger partial charge on any atom is -0.395 e. The zero-order chi connectivity index (χ0) is 11.4. The van der Waals surface area contributed by atoms with E-state index in [0.717, 1.165) is 19.5 Å². The number of nitrogens with zero attached hydrogens (tertiary/aromatic N) is 1. The van der Waals surface area contributed by atoms with Crippen molar-refractivity contribution in [2.45, 2.75) is 25.7 Å². The number of aliphatic hydroxyl groups is 1. The van der Waals surface area contributed by atoms with E-state index in [1.807, 2.05) is 0 Å². The van der Waals surface area contributed by atoms with Crippen LogP contribution in [0, 0.1) is 0 Å². The van der Waals surface area contributed by atoms with Gasteiger partial charge in [-0.15, -0.1) is 0 Å². The summed E-state index contributed by atoms with van der Waals surface area (Å²) < 4.78 is 0. The van der Waals surface area contributed by atoms with E-state index in [9.17, 15) is 0 Å². The van der Waals surface area contributed by atoms with Crippen molar-refractivity contribution in [3.63, 3.8) is 0 Å². The molecule has 1 aromatic rings. The van der Waals surface area contributed by atoms with Crippen LogP contribution in [0.2, 0.25) is 0 Å². The van der Waals surface area contributed by atoms with E-state index < -0.39 is 0 Å². The molecule has 0 fully saturated rings. The zero-order valence-corrected chi connectivity index (χ0v) is 10.1. The molecule has 1 aliphatic rings. The van der Waals surface area contributed by atoms with Crippen molar-refractivity contribution in [3.05, 3.63) is 34.9 Å². The number of benzene rings is 1. The Morgan fingerprint density at radius 2 is 2.00 bits per heavy atom. The first-order valence-corrected chi connectivity index (χ1v) is 6.19. The molecule has 1 N–H and O–H groups in total. The monoisotopic (exact) mass is 219 g/mol. The van der Waals surface area contributed by atoms with Crippen LogP contribution < -0.4 is 0 Å². The van der Waals surface area contributed by atoms with Crippen LogP contribution in [-0.2, 0) is 19.3 Å². The SMILES string of the molecule is CN(CCO)CCc1ccc2c(c1)CCC2. The fourth-order valence-electron chi connectivity index (χ4n) is 2.38. The Morgan fingerprint density at radius 3 is 2.81 bits per heavy atom. The van der Waals surface area contributed by atoms with E-state index in [0.29, 0.717) is 0 Å². The molecule has 0 radical (unpaired) electrons. The van der Waals surface area contributed by atoms with Crippen LogP contribution in [0.15, 0.2) is 18.2 Å².